The lowest BCUT2D eigenvalue weighted by Crippen LogP contribution is -2.63. The molecular weight excluding hydrogens is 475 g/mol. The van der Waals surface area contributed by atoms with Gasteiger partial charge in [-0.2, -0.15) is 13.2 Å². The van der Waals surface area contributed by atoms with Gasteiger partial charge >= 0.3 is 18.1 Å². The third kappa shape index (κ3) is 9.94. The monoisotopic (exact) mass is 505 g/mol. The minimum atomic E-state index is -5.08. The molecule has 1 saturated heterocycles. The number of carbonyl (C=O) groups excluding carboxylic acids is 3. The molecule has 0 spiro atoms. The van der Waals surface area contributed by atoms with Gasteiger partial charge in [0.25, 0.3) is 0 Å². The maximum atomic E-state index is 12.7. The van der Waals surface area contributed by atoms with E-state index in [0.29, 0.717) is 32.2 Å². The van der Waals surface area contributed by atoms with Crippen LogP contribution in [0.15, 0.2) is 0 Å². The van der Waals surface area contributed by atoms with Crippen LogP contribution in [0, 0.1) is 5.92 Å². The van der Waals surface area contributed by atoms with Crippen LogP contribution in [0.4, 0.5) is 13.2 Å². The van der Waals surface area contributed by atoms with E-state index in [1.807, 2.05) is 13.8 Å². The van der Waals surface area contributed by atoms with E-state index in [4.69, 9.17) is 26.1 Å². The molecule has 0 bridgehead atoms. The maximum Gasteiger partial charge on any atom is 0.490 e. The standard InChI is InChI=1S/C16H29N3O6S.C2HF3O2/c1-3-5-12(6-4-2)26(23,24)10-16(18,14(17)21)15(22)25-9-11-7-13(20)19-8-11;3-2(4,5)1(6)7/h11-12H,3-10,18H2,1-2H3,(H2,17,21)(H,19,20);(H,6,7)/t11-,16+;/m1./s1. The summed E-state index contributed by atoms with van der Waals surface area (Å²) >= 11 is 0. The lowest BCUT2D eigenvalue weighted by atomic mass is 10.0. The highest BCUT2D eigenvalue weighted by Crippen LogP contribution is 2.20. The first kappa shape index (κ1) is 30.6. The summed E-state index contributed by atoms with van der Waals surface area (Å²) in [5, 5.41) is 9.02. The van der Waals surface area contributed by atoms with Crippen LogP contribution in [-0.2, 0) is 33.8 Å². The van der Waals surface area contributed by atoms with E-state index in [-0.39, 0.29) is 24.9 Å². The molecule has 0 radical (unpaired) electrons. The minimum Gasteiger partial charge on any atom is -0.475 e. The second kappa shape index (κ2) is 12.7. The molecule has 15 heteroatoms. The van der Waals surface area contributed by atoms with Gasteiger partial charge < -0.3 is 26.6 Å². The molecule has 0 aromatic heterocycles. The number of alkyl halides is 3. The Kier molecular flexibility index (Phi) is 11.8. The number of amides is 2. The largest absolute Gasteiger partial charge is 0.490 e. The number of sulfone groups is 1. The number of nitrogens with one attached hydrogen (secondary N) is 1. The maximum absolute atomic E-state index is 12.7. The molecule has 0 aliphatic carbocycles. The molecule has 0 aromatic rings. The van der Waals surface area contributed by atoms with Gasteiger partial charge in [-0.05, 0) is 12.8 Å². The summed E-state index contributed by atoms with van der Waals surface area (Å²) in [6.45, 7) is 3.91. The number of rotatable bonds is 11. The highest BCUT2D eigenvalue weighted by molar-refractivity contribution is 7.92. The molecule has 2 amide bonds. The number of carbonyl (C=O) groups is 4. The van der Waals surface area contributed by atoms with Gasteiger partial charge in [-0.1, -0.05) is 26.7 Å². The van der Waals surface area contributed by atoms with E-state index in [1.165, 1.54) is 0 Å². The van der Waals surface area contributed by atoms with Crippen LogP contribution in [0.5, 0.6) is 0 Å². The van der Waals surface area contributed by atoms with Crippen molar-refractivity contribution in [1.29, 1.82) is 0 Å². The van der Waals surface area contributed by atoms with Gasteiger partial charge in [0.05, 0.1) is 17.6 Å². The molecule has 192 valence electrons. The van der Waals surface area contributed by atoms with Gasteiger partial charge in [0.1, 0.15) is 0 Å². The summed E-state index contributed by atoms with van der Waals surface area (Å²) in [5.74, 6) is -6.48. The highest BCUT2D eigenvalue weighted by atomic mass is 32.2. The molecule has 6 N–H and O–H groups in total. The van der Waals surface area contributed by atoms with E-state index in [0.717, 1.165) is 0 Å². The van der Waals surface area contributed by atoms with Crippen LogP contribution in [0.3, 0.4) is 0 Å². The zero-order valence-electron chi connectivity index (χ0n) is 18.3. The fourth-order valence-electron chi connectivity index (χ4n) is 2.92. The number of hydrogen-bond acceptors (Lipinski definition) is 8. The first-order valence-corrected chi connectivity index (χ1v) is 11.8. The number of carboxylic acid groups (broad SMARTS) is 1. The van der Waals surface area contributed by atoms with Crippen molar-refractivity contribution in [3.8, 4) is 0 Å². The second-order valence-corrected chi connectivity index (χ2v) is 9.90. The fourth-order valence-corrected chi connectivity index (χ4v) is 5.24. The van der Waals surface area contributed by atoms with Crippen molar-refractivity contribution in [3.05, 3.63) is 0 Å². The number of halogens is 3. The van der Waals surface area contributed by atoms with Crippen molar-refractivity contribution in [2.45, 2.75) is 62.9 Å². The van der Waals surface area contributed by atoms with Gasteiger partial charge in [0.2, 0.25) is 17.4 Å². The van der Waals surface area contributed by atoms with Crippen LogP contribution in [0.1, 0.15) is 46.0 Å². The number of esters is 1. The van der Waals surface area contributed by atoms with Crippen molar-refractivity contribution < 1.29 is 50.6 Å². The molecule has 0 aromatic carbocycles. The van der Waals surface area contributed by atoms with Gasteiger partial charge in [0.15, 0.2) is 9.84 Å². The number of carboxylic acids is 1. The van der Waals surface area contributed by atoms with Gasteiger partial charge in [-0.15, -0.1) is 0 Å². The van der Waals surface area contributed by atoms with Gasteiger partial charge in [-0.3, -0.25) is 9.59 Å². The molecule has 0 saturated carbocycles. The second-order valence-electron chi connectivity index (χ2n) is 7.62. The van der Waals surface area contributed by atoms with Crippen LogP contribution >= 0.6 is 0 Å². The first-order valence-electron chi connectivity index (χ1n) is 10.1. The topological polar surface area (TPSA) is 196 Å². The van der Waals surface area contributed by atoms with Crippen LogP contribution < -0.4 is 16.8 Å². The Bertz CT molecular complexity index is 813. The number of nitrogens with two attached hydrogens (primary N) is 2. The lowest BCUT2D eigenvalue weighted by molar-refractivity contribution is -0.192. The molecule has 2 atom stereocenters. The summed E-state index contributed by atoms with van der Waals surface area (Å²) in [7, 11) is -3.83. The van der Waals surface area contributed by atoms with Gasteiger partial charge in [-0.25, -0.2) is 18.0 Å². The highest BCUT2D eigenvalue weighted by Gasteiger charge is 2.48. The lowest BCUT2D eigenvalue weighted by Gasteiger charge is -2.26. The third-order valence-electron chi connectivity index (χ3n) is 4.72. The average Bonchev–Trinajstić information content (AvgIpc) is 3.10. The van der Waals surface area contributed by atoms with E-state index in [1.54, 1.807) is 0 Å². The SMILES string of the molecule is CCCC(CCC)S(=O)(=O)C[C@](N)(C(N)=O)C(=O)OC[C@H]1CNC(=O)C1.O=C(O)C(F)(F)F. The molecule has 1 heterocycles. The van der Waals surface area contributed by atoms with Gasteiger partial charge in [0, 0.05) is 18.9 Å². The number of primary amides is 1. The summed E-state index contributed by atoms with van der Waals surface area (Å²) in [6, 6.07) is 0. The van der Waals surface area contributed by atoms with E-state index in [2.05, 4.69) is 5.32 Å². The molecule has 1 aliphatic heterocycles. The van der Waals surface area contributed by atoms with Crippen molar-refractivity contribution >= 4 is 33.6 Å². The quantitative estimate of drug-likeness (QED) is 0.218. The molecule has 11 nitrogen and oxygen atoms in total. The minimum absolute atomic E-state index is 0.142. The Hall–Kier alpha value is -2.42. The molecule has 0 unspecified atom stereocenters. The summed E-state index contributed by atoms with van der Waals surface area (Å²) in [5.41, 5.74) is 8.59. The Morgan fingerprint density at radius 1 is 1.21 bits per heavy atom. The van der Waals surface area contributed by atoms with Crippen LogP contribution in [0.25, 0.3) is 0 Å². The molecule has 33 heavy (non-hydrogen) atoms. The Morgan fingerprint density at radius 2 is 1.70 bits per heavy atom. The van der Waals surface area contributed by atoms with E-state index >= 15 is 0 Å². The predicted molar refractivity (Wildman–Crippen MR) is 109 cm³/mol. The molecular formula is C18H30F3N3O8S. The van der Waals surface area contributed by atoms with Crippen LogP contribution in [0.2, 0.25) is 0 Å². The van der Waals surface area contributed by atoms with E-state index in [9.17, 15) is 36.0 Å². The summed E-state index contributed by atoms with van der Waals surface area (Å²) in [4.78, 5) is 44.2. The Labute approximate surface area is 189 Å². The Balaban J connectivity index is 0.00000126. The summed E-state index contributed by atoms with van der Waals surface area (Å²) < 4.78 is 62.1. The zero-order chi connectivity index (χ0) is 26.0. The molecule has 1 rings (SSSR count). The predicted octanol–water partition coefficient (Wildman–Crippen LogP) is -0.135. The third-order valence-corrected chi connectivity index (χ3v) is 7.06. The van der Waals surface area contributed by atoms with Crippen LogP contribution in [-0.4, -0.2) is 73.1 Å². The normalized spacial score (nSPS) is 18.0. The van der Waals surface area contributed by atoms with E-state index < -0.39 is 50.4 Å². The molecule has 1 aliphatic rings. The number of aliphatic carboxylic acids is 1. The van der Waals surface area contributed by atoms with Crippen molar-refractivity contribution in [2.75, 3.05) is 18.9 Å². The first-order chi connectivity index (χ1) is 15.0. The number of ether oxygens (including phenoxy) is 1. The average molecular weight is 506 g/mol. The Morgan fingerprint density at radius 3 is 2.03 bits per heavy atom. The molecule has 1 fully saturated rings. The summed E-state index contributed by atoms with van der Waals surface area (Å²) in [6.07, 6.45) is -2.78. The smallest absolute Gasteiger partial charge is 0.475 e. The van der Waals surface area contributed by atoms with Crippen molar-refractivity contribution in [3.63, 3.8) is 0 Å². The fraction of sp³-hybridized carbons (Fsp3) is 0.778. The zero-order valence-corrected chi connectivity index (χ0v) is 19.1. The number of hydrogen-bond donors (Lipinski definition) is 4. The van der Waals surface area contributed by atoms with Crippen molar-refractivity contribution in [2.24, 2.45) is 17.4 Å². The van der Waals surface area contributed by atoms with Crippen molar-refractivity contribution in [1.82, 2.24) is 5.32 Å².